The molecule has 3 rings (SSSR count). The fraction of sp³-hybridized carbons (Fsp3) is 0. The van der Waals surface area contributed by atoms with E-state index in [0.29, 0.717) is 0 Å². The van der Waals surface area contributed by atoms with Crippen molar-refractivity contribution in [2.75, 3.05) is 0 Å². The standard InChI is InChI=1S/C22H18/c1-3-7-19(8-4-1)11-13-21-15-17-22(18-16-21)14-12-20-9-5-2-6-10-20/h1-18H/b13-11-,14-12+. The molecular formula is C22H18. The number of rotatable bonds is 4. The van der Waals surface area contributed by atoms with Crippen LogP contribution in [0.15, 0.2) is 84.9 Å². The van der Waals surface area contributed by atoms with Gasteiger partial charge in [0, 0.05) is 0 Å². The van der Waals surface area contributed by atoms with E-state index < -0.39 is 0 Å². The third-order valence-electron chi connectivity index (χ3n) is 3.47. The first kappa shape index (κ1) is 14.1. The van der Waals surface area contributed by atoms with E-state index in [-0.39, 0.29) is 0 Å². The molecule has 0 bridgehead atoms. The van der Waals surface area contributed by atoms with Crippen molar-refractivity contribution in [1.29, 1.82) is 0 Å². The van der Waals surface area contributed by atoms with Gasteiger partial charge in [0.1, 0.15) is 0 Å². The van der Waals surface area contributed by atoms with E-state index in [1.165, 1.54) is 22.3 Å². The molecule has 0 aliphatic heterocycles. The minimum Gasteiger partial charge on any atom is -0.0622 e. The highest BCUT2D eigenvalue weighted by atomic mass is 14.0. The first-order valence-electron chi connectivity index (χ1n) is 7.46. The molecule has 0 amide bonds. The van der Waals surface area contributed by atoms with Crippen molar-refractivity contribution in [3.8, 4) is 0 Å². The molecule has 0 nitrogen and oxygen atoms in total. The Morgan fingerprint density at radius 1 is 0.318 bits per heavy atom. The Hall–Kier alpha value is -2.86. The summed E-state index contributed by atoms with van der Waals surface area (Å²) in [5.41, 5.74) is 4.85. The molecule has 0 heteroatoms. The Balaban J connectivity index is 1.68. The number of benzene rings is 3. The van der Waals surface area contributed by atoms with Crippen LogP contribution in [-0.2, 0) is 0 Å². The van der Waals surface area contributed by atoms with Gasteiger partial charge in [0.25, 0.3) is 0 Å². The van der Waals surface area contributed by atoms with Crippen LogP contribution in [0.4, 0.5) is 0 Å². The van der Waals surface area contributed by atoms with Crippen LogP contribution in [-0.4, -0.2) is 0 Å². The summed E-state index contributed by atoms with van der Waals surface area (Å²) in [5, 5.41) is 0. The van der Waals surface area contributed by atoms with Gasteiger partial charge >= 0.3 is 0 Å². The SMILES string of the molecule is C(=C/c1ccc(/C=C/c2ccccc2)cc1)/c1ccccc1. The topological polar surface area (TPSA) is 0 Å². The average molecular weight is 282 g/mol. The summed E-state index contributed by atoms with van der Waals surface area (Å²) in [6.07, 6.45) is 8.55. The summed E-state index contributed by atoms with van der Waals surface area (Å²) in [5.74, 6) is 0. The Morgan fingerprint density at radius 3 is 0.909 bits per heavy atom. The maximum atomic E-state index is 2.14. The fourth-order valence-corrected chi connectivity index (χ4v) is 2.23. The van der Waals surface area contributed by atoms with E-state index >= 15 is 0 Å². The summed E-state index contributed by atoms with van der Waals surface area (Å²) in [6, 6.07) is 29.3. The van der Waals surface area contributed by atoms with Crippen molar-refractivity contribution >= 4 is 24.3 Å². The predicted octanol–water partition coefficient (Wildman–Crippen LogP) is 6.03. The Labute approximate surface area is 132 Å². The quantitative estimate of drug-likeness (QED) is 0.513. The molecule has 0 saturated heterocycles. The molecule has 3 aromatic carbocycles. The molecule has 0 spiro atoms. The minimum atomic E-state index is 1.21. The minimum absolute atomic E-state index is 1.21. The van der Waals surface area contributed by atoms with Gasteiger partial charge in [-0.25, -0.2) is 0 Å². The van der Waals surface area contributed by atoms with Crippen molar-refractivity contribution in [1.82, 2.24) is 0 Å². The number of hydrogen-bond acceptors (Lipinski definition) is 0. The summed E-state index contributed by atoms with van der Waals surface area (Å²) in [6.45, 7) is 0. The Kier molecular flexibility index (Phi) is 4.63. The van der Waals surface area contributed by atoms with Gasteiger partial charge in [-0.3, -0.25) is 0 Å². The molecule has 0 fully saturated rings. The molecule has 22 heavy (non-hydrogen) atoms. The first-order valence-corrected chi connectivity index (χ1v) is 7.46. The van der Waals surface area contributed by atoms with Gasteiger partial charge in [-0.1, -0.05) is 109 Å². The zero-order chi connectivity index (χ0) is 15.0. The number of hydrogen-bond donors (Lipinski definition) is 0. The molecule has 0 aliphatic carbocycles. The van der Waals surface area contributed by atoms with Crippen molar-refractivity contribution in [2.45, 2.75) is 0 Å². The van der Waals surface area contributed by atoms with E-state index in [2.05, 4.69) is 97.1 Å². The van der Waals surface area contributed by atoms with Gasteiger partial charge < -0.3 is 0 Å². The highest BCUT2D eigenvalue weighted by molar-refractivity contribution is 5.72. The van der Waals surface area contributed by atoms with E-state index in [9.17, 15) is 0 Å². The maximum absolute atomic E-state index is 2.14. The molecule has 0 aromatic heterocycles. The van der Waals surface area contributed by atoms with E-state index in [4.69, 9.17) is 0 Å². The highest BCUT2D eigenvalue weighted by Gasteiger charge is 1.90. The van der Waals surface area contributed by atoms with E-state index in [0.717, 1.165) is 0 Å². The summed E-state index contributed by atoms with van der Waals surface area (Å²) in [4.78, 5) is 0. The molecule has 0 heterocycles. The van der Waals surface area contributed by atoms with Crippen molar-refractivity contribution in [3.05, 3.63) is 107 Å². The predicted molar refractivity (Wildman–Crippen MR) is 97.2 cm³/mol. The molecular weight excluding hydrogens is 264 g/mol. The van der Waals surface area contributed by atoms with Crippen LogP contribution < -0.4 is 0 Å². The van der Waals surface area contributed by atoms with Crippen molar-refractivity contribution in [3.63, 3.8) is 0 Å². The van der Waals surface area contributed by atoms with Crippen LogP contribution in [0.3, 0.4) is 0 Å². The van der Waals surface area contributed by atoms with E-state index in [1.807, 2.05) is 12.1 Å². The average Bonchev–Trinajstić information content (AvgIpc) is 2.61. The zero-order valence-electron chi connectivity index (χ0n) is 12.4. The zero-order valence-corrected chi connectivity index (χ0v) is 12.4. The molecule has 106 valence electrons. The van der Waals surface area contributed by atoms with Crippen LogP contribution in [0.5, 0.6) is 0 Å². The lowest BCUT2D eigenvalue weighted by molar-refractivity contribution is 1.61. The second-order valence-electron chi connectivity index (χ2n) is 5.15. The lowest BCUT2D eigenvalue weighted by Crippen LogP contribution is -1.75. The third kappa shape index (κ3) is 4.07. The first-order chi connectivity index (χ1) is 10.9. The molecule has 3 aromatic rings. The summed E-state index contributed by atoms with van der Waals surface area (Å²) in [7, 11) is 0. The third-order valence-corrected chi connectivity index (χ3v) is 3.47. The second-order valence-corrected chi connectivity index (χ2v) is 5.15. The van der Waals surface area contributed by atoms with Gasteiger partial charge in [-0.05, 0) is 22.3 Å². The van der Waals surface area contributed by atoms with Crippen molar-refractivity contribution in [2.24, 2.45) is 0 Å². The van der Waals surface area contributed by atoms with Gasteiger partial charge in [0.2, 0.25) is 0 Å². The van der Waals surface area contributed by atoms with Crippen LogP contribution in [0.25, 0.3) is 24.3 Å². The largest absolute Gasteiger partial charge is 0.0622 e. The van der Waals surface area contributed by atoms with Gasteiger partial charge in [0.05, 0.1) is 0 Å². The molecule has 0 atom stereocenters. The van der Waals surface area contributed by atoms with Gasteiger partial charge in [-0.15, -0.1) is 0 Å². The fourth-order valence-electron chi connectivity index (χ4n) is 2.23. The molecule has 0 saturated carbocycles. The van der Waals surface area contributed by atoms with Gasteiger partial charge in [0.15, 0.2) is 0 Å². The lowest BCUT2D eigenvalue weighted by Gasteiger charge is -1.97. The van der Waals surface area contributed by atoms with Gasteiger partial charge in [-0.2, -0.15) is 0 Å². The second kappa shape index (κ2) is 7.24. The van der Waals surface area contributed by atoms with Crippen LogP contribution >= 0.6 is 0 Å². The summed E-state index contributed by atoms with van der Waals surface area (Å²) < 4.78 is 0. The molecule has 0 radical (unpaired) electrons. The van der Waals surface area contributed by atoms with Crippen LogP contribution in [0.1, 0.15) is 22.3 Å². The summed E-state index contributed by atoms with van der Waals surface area (Å²) >= 11 is 0. The molecule has 0 unspecified atom stereocenters. The van der Waals surface area contributed by atoms with E-state index in [1.54, 1.807) is 0 Å². The Bertz CT molecular complexity index is 680. The lowest BCUT2D eigenvalue weighted by atomic mass is 10.1. The molecule has 0 aliphatic rings. The Morgan fingerprint density at radius 2 is 0.591 bits per heavy atom. The highest BCUT2D eigenvalue weighted by Crippen LogP contribution is 2.12. The van der Waals surface area contributed by atoms with Crippen LogP contribution in [0, 0.1) is 0 Å². The smallest absolute Gasteiger partial charge is 0.0256 e. The molecule has 0 N–H and O–H groups in total. The maximum Gasteiger partial charge on any atom is -0.0256 e. The normalized spacial score (nSPS) is 11.3. The monoisotopic (exact) mass is 282 g/mol. The van der Waals surface area contributed by atoms with Crippen molar-refractivity contribution < 1.29 is 0 Å². The van der Waals surface area contributed by atoms with Crippen LogP contribution in [0.2, 0.25) is 0 Å².